The topological polar surface area (TPSA) is 25.8 Å². The first-order valence-electron chi connectivity index (χ1n) is 18.5. The van der Waals surface area contributed by atoms with Crippen molar-refractivity contribution in [1.82, 2.24) is 9.97 Å². The zero-order valence-corrected chi connectivity index (χ0v) is 31.8. The van der Waals surface area contributed by atoms with Gasteiger partial charge in [0, 0.05) is 51.8 Å². The highest BCUT2D eigenvalue weighted by Gasteiger charge is 2.20. The second kappa shape index (κ2) is 13.7. The molecule has 0 aliphatic carbocycles. The van der Waals surface area contributed by atoms with Crippen molar-refractivity contribution < 1.29 is 0 Å². The molecule has 0 aliphatic heterocycles. The Bertz CT molecular complexity index is 3130. The molecule has 0 aliphatic rings. The van der Waals surface area contributed by atoms with Gasteiger partial charge in [-0.25, -0.2) is 9.97 Å². The van der Waals surface area contributed by atoms with Gasteiger partial charge in [-0.2, -0.15) is 0 Å². The lowest BCUT2D eigenvalue weighted by molar-refractivity contribution is 1.19. The van der Waals surface area contributed by atoms with Crippen LogP contribution in [0.25, 0.3) is 109 Å². The van der Waals surface area contributed by atoms with Gasteiger partial charge in [-0.1, -0.05) is 170 Å². The maximum absolute atomic E-state index is 5.47. The van der Waals surface area contributed by atoms with Gasteiger partial charge in [-0.15, -0.1) is 22.7 Å². The number of hydrogen-bond acceptors (Lipinski definition) is 4. The Morgan fingerprint density at radius 1 is 0.473 bits per heavy atom. The molecule has 0 bridgehead atoms. The van der Waals surface area contributed by atoms with Crippen molar-refractivity contribution in [2.24, 2.45) is 0 Å². The van der Waals surface area contributed by atoms with E-state index < -0.39 is 0 Å². The summed E-state index contributed by atoms with van der Waals surface area (Å²) in [4.78, 5) is 12.1. The molecule has 10 aromatic rings. The molecule has 3 heterocycles. The molecule has 0 atom stereocenters. The summed E-state index contributed by atoms with van der Waals surface area (Å²) in [5.74, 6) is 0.698. The van der Waals surface area contributed by atoms with Crippen molar-refractivity contribution in [3.05, 3.63) is 181 Å². The van der Waals surface area contributed by atoms with Gasteiger partial charge in [0.25, 0.3) is 0 Å². The second-order valence-electron chi connectivity index (χ2n) is 13.6. The van der Waals surface area contributed by atoms with Crippen molar-refractivity contribution in [2.75, 3.05) is 0 Å². The molecular formula is C51H34N2S2. The second-order valence-corrected chi connectivity index (χ2v) is 15.7. The van der Waals surface area contributed by atoms with E-state index in [4.69, 9.17) is 9.97 Å². The van der Waals surface area contributed by atoms with Crippen LogP contribution in [0.2, 0.25) is 0 Å². The lowest BCUT2D eigenvalue weighted by atomic mass is 9.90. The molecule has 0 fully saturated rings. The van der Waals surface area contributed by atoms with Crippen LogP contribution in [-0.4, -0.2) is 9.97 Å². The molecule has 0 saturated heterocycles. The highest BCUT2D eigenvalue weighted by Crippen LogP contribution is 2.44. The van der Waals surface area contributed by atoms with Gasteiger partial charge in [-0.05, 0) is 57.6 Å². The van der Waals surface area contributed by atoms with Crippen LogP contribution in [0, 0.1) is 0 Å². The highest BCUT2D eigenvalue weighted by atomic mass is 32.1. The van der Waals surface area contributed by atoms with Gasteiger partial charge in [0.1, 0.15) is 0 Å². The minimum Gasteiger partial charge on any atom is -0.228 e. The number of benzene rings is 7. The molecule has 0 radical (unpaired) electrons. The summed E-state index contributed by atoms with van der Waals surface area (Å²) in [6, 6.07) is 56.5. The number of thiophene rings is 2. The smallest absolute Gasteiger partial charge is 0.161 e. The Morgan fingerprint density at radius 2 is 1.04 bits per heavy atom. The Balaban J connectivity index is 1.24. The van der Waals surface area contributed by atoms with Crippen LogP contribution in [-0.2, 0) is 0 Å². The largest absolute Gasteiger partial charge is 0.228 e. The van der Waals surface area contributed by atoms with Gasteiger partial charge >= 0.3 is 0 Å². The van der Waals surface area contributed by atoms with Crippen LogP contribution in [0.5, 0.6) is 0 Å². The van der Waals surface area contributed by atoms with Crippen LogP contribution in [0.1, 0.15) is 17.4 Å². The van der Waals surface area contributed by atoms with Crippen molar-refractivity contribution >= 4 is 75.9 Å². The molecule has 10 rings (SSSR count). The number of hydrogen-bond donors (Lipinski definition) is 0. The van der Waals surface area contributed by atoms with Crippen molar-refractivity contribution in [3.63, 3.8) is 0 Å². The first kappa shape index (κ1) is 33.1. The van der Waals surface area contributed by atoms with E-state index >= 15 is 0 Å². The standard InChI is InChI=1S/C51H34N2S2/c1-3-16-38-40-24-14-26-43(49(40)54-47(38)4-2)45-31-46(44-27-15-25-41-39-22-12-13-28-48(39)55-50(41)44)53-51(52-45)42-23-11-10-21-36(42)37-30-29-33(32-17-6-5-7-18-32)34-19-8-9-20-35(34)37/h3-31H,2H2,1H3/b16-3-. The van der Waals surface area contributed by atoms with Crippen molar-refractivity contribution in [3.8, 4) is 56.2 Å². The molecule has 7 aromatic carbocycles. The highest BCUT2D eigenvalue weighted by molar-refractivity contribution is 7.26. The molecule has 0 amide bonds. The molecule has 3 aromatic heterocycles. The van der Waals surface area contributed by atoms with E-state index in [9.17, 15) is 0 Å². The molecule has 55 heavy (non-hydrogen) atoms. The van der Waals surface area contributed by atoms with Crippen LogP contribution >= 0.6 is 22.7 Å². The molecule has 4 heteroatoms. The number of aromatic nitrogens is 2. The maximum Gasteiger partial charge on any atom is 0.161 e. The summed E-state index contributed by atoms with van der Waals surface area (Å²) in [5, 5.41) is 6.13. The number of nitrogens with zero attached hydrogens (tertiary/aromatic N) is 2. The Morgan fingerprint density at radius 3 is 1.76 bits per heavy atom. The summed E-state index contributed by atoms with van der Waals surface area (Å²) < 4.78 is 3.69. The summed E-state index contributed by atoms with van der Waals surface area (Å²) in [5.41, 5.74) is 10.9. The van der Waals surface area contributed by atoms with E-state index in [1.54, 1.807) is 11.3 Å². The molecule has 2 nitrogen and oxygen atoms in total. The molecule has 0 N–H and O–H groups in total. The summed E-state index contributed by atoms with van der Waals surface area (Å²) >= 11 is 3.59. The summed E-state index contributed by atoms with van der Waals surface area (Å²) in [6.45, 7) is 6.22. The lowest BCUT2D eigenvalue weighted by Crippen LogP contribution is -1.98. The predicted molar refractivity (Wildman–Crippen MR) is 240 cm³/mol. The fourth-order valence-electron chi connectivity index (χ4n) is 7.96. The fourth-order valence-corrected chi connectivity index (χ4v) is 10.3. The van der Waals surface area contributed by atoms with Gasteiger partial charge in [0.2, 0.25) is 0 Å². The van der Waals surface area contributed by atoms with Crippen LogP contribution < -0.4 is 0 Å². The third-order valence-corrected chi connectivity index (χ3v) is 12.9. The molecule has 260 valence electrons. The molecule has 0 saturated carbocycles. The van der Waals surface area contributed by atoms with Crippen LogP contribution in [0.4, 0.5) is 0 Å². The van der Waals surface area contributed by atoms with Gasteiger partial charge < -0.3 is 0 Å². The quantitative estimate of drug-likeness (QED) is 0.163. The average molecular weight is 739 g/mol. The summed E-state index contributed by atoms with van der Waals surface area (Å²) in [7, 11) is 0. The Labute approximate surface area is 328 Å². The number of allylic oxidation sites excluding steroid dienone is 1. The predicted octanol–water partition coefficient (Wildman–Crippen LogP) is 15.2. The first-order chi connectivity index (χ1) is 27.2. The monoisotopic (exact) mass is 738 g/mol. The van der Waals surface area contributed by atoms with Crippen LogP contribution in [0.3, 0.4) is 0 Å². The van der Waals surface area contributed by atoms with E-state index in [0.717, 1.165) is 44.1 Å². The first-order valence-corrected chi connectivity index (χ1v) is 20.1. The minimum atomic E-state index is 0.698. The van der Waals surface area contributed by atoms with Crippen LogP contribution in [0.15, 0.2) is 170 Å². The van der Waals surface area contributed by atoms with E-state index in [2.05, 4.69) is 183 Å². The Kier molecular flexibility index (Phi) is 8.28. The van der Waals surface area contributed by atoms with E-state index in [1.807, 2.05) is 17.4 Å². The van der Waals surface area contributed by atoms with Crippen molar-refractivity contribution in [1.29, 1.82) is 0 Å². The van der Waals surface area contributed by atoms with Crippen molar-refractivity contribution in [2.45, 2.75) is 6.92 Å². The normalized spacial score (nSPS) is 11.7. The maximum atomic E-state index is 5.47. The van der Waals surface area contributed by atoms with E-state index in [1.165, 1.54) is 57.7 Å². The molecule has 0 unspecified atom stereocenters. The molecular weight excluding hydrogens is 705 g/mol. The summed E-state index contributed by atoms with van der Waals surface area (Å²) in [6.07, 6.45) is 6.25. The van der Waals surface area contributed by atoms with Gasteiger partial charge in [-0.3, -0.25) is 0 Å². The SMILES string of the molecule is C=Cc1sc2c(-c3cc(-c4cccc5c4sc4ccccc45)nc(-c4ccccc4-c4ccc(-c5ccccc5)c5ccccc45)n3)cccc2c1/C=C\C. The third-order valence-electron chi connectivity index (χ3n) is 10.5. The Hall–Kier alpha value is -6.46. The number of rotatable bonds is 7. The van der Waals surface area contributed by atoms with Gasteiger partial charge in [0.05, 0.1) is 11.4 Å². The zero-order valence-electron chi connectivity index (χ0n) is 30.2. The minimum absolute atomic E-state index is 0.698. The van der Waals surface area contributed by atoms with E-state index in [0.29, 0.717) is 5.82 Å². The average Bonchev–Trinajstić information content (AvgIpc) is 3.82. The van der Waals surface area contributed by atoms with E-state index in [-0.39, 0.29) is 0 Å². The zero-order chi connectivity index (χ0) is 36.9. The number of fused-ring (bicyclic) bond motifs is 5. The fraction of sp³-hybridized carbons (Fsp3) is 0.0196. The van der Waals surface area contributed by atoms with Gasteiger partial charge in [0.15, 0.2) is 5.82 Å². The lowest BCUT2D eigenvalue weighted by Gasteiger charge is -2.16. The third kappa shape index (κ3) is 5.61. The molecule has 0 spiro atoms.